The minimum atomic E-state index is -0.000787. The molecule has 1 saturated carbocycles. The van der Waals surface area contributed by atoms with Gasteiger partial charge in [-0.3, -0.25) is 4.79 Å². The van der Waals surface area contributed by atoms with Crippen LogP contribution in [0.3, 0.4) is 0 Å². The van der Waals surface area contributed by atoms with E-state index in [0.29, 0.717) is 12.5 Å². The van der Waals surface area contributed by atoms with E-state index in [0.717, 1.165) is 16.7 Å². The Balaban J connectivity index is 0.00000162. The molecule has 1 aliphatic carbocycles. The van der Waals surface area contributed by atoms with E-state index in [-0.39, 0.29) is 24.4 Å². The van der Waals surface area contributed by atoms with E-state index in [4.69, 9.17) is 5.73 Å². The van der Waals surface area contributed by atoms with Crippen LogP contribution >= 0.6 is 12.4 Å². The Labute approximate surface area is 115 Å². The maximum Gasteiger partial charge on any atom is 0.251 e. The van der Waals surface area contributed by atoms with E-state index in [1.54, 1.807) is 0 Å². The molecular weight excluding hydrogens is 248 g/mol. The summed E-state index contributed by atoms with van der Waals surface area (Å²) in [5.41, 5.74) is 8.66. The van der Waals surface area contributed by atoms with Gasteiger partial charge in [0.15, 0.2) is 0 Å². The highest BCUT2D eigenvalue weighted by Gasteiger charge is 2.31. The standard InChI is InChI=1S/C14H20N2O.ClH/c1-9-5-10(2)7-12(6-9)14(17)16-13(8-15)11-3-4-11;/h5-7,11,13H,3-4,8,15H2,1-2H3,(H,16,17);1H. The van der Waals surface area contributed by atoms with Crippen molar-refractivity contribution in [3.8, 4) is 0 Å². The molecule has 0 bridgehead atoms. The summed E-state index contributed by atoms with van der Waals surface area (Å²) in [5, 5.41) is 3.04. The van der Waals surface area contributed by atoms with E-state index < -0.39 is 0 Å². The monoisotopic (exact) mass is 268 g/mol. The van der Waals surface area contributed by atoms with Gasteiger partial charge in [-0.25, -0.2) is 0 Å². The minimum absolute atomic E-state index is 0. The number of amides is 1. The Bertz CT molecular complexity index is 410. The van der Waals surface area contributed by atoms with Crippen molar-refractivity contribution in [3.63, 3.8) is 0 Å². The zero-order valence-electron chi connectivity index (χ0n) is 10.9. The van der Waals surface area contributed by atoms with Crippen LogP contribution in [0.25, 0.3) is 0 Å². The number of rotatable bonds is 4. The molecule has 0 spiro atoms. The number of hydrogen-bond acceptors (Lipinski definition) is 2. The van der Waals surface area contributed by atoms with Gasteiger partial charge in [0, 0.05) is 18.2 Å². The topological polar surface area (TPSA) is 55.1 Å². The van der Waals surface area contributed by atoms with Crippen LogP contribution in [-0.4, -0.2) is 18.5 Å². The molecule has 3 nitrogen and oxygen atoms in total. The van der Waals surface area contributed by atoms with Crippen molar-refractivity contribution >= 4 is 18.3 Å². The van der Waals surface area contributed by atoms with Crippen LogP contribution in [0.15, 0.2) is 18.2 Å². The van der Waals surface area contributed by atoms with Crippen LogP contribution in [0.5, 0.6) is 0 Å². The van der Waals surface area contributed by atoms with Gasteiger partial charge in [0.1, 0.15) is 0 Å². The highest BCUT2D eigenvalue weighted by Crippen LogP contribution is 2.32. The smallest absolute Gasteiger partial charge is 0.251 e. The number of carbonyl (C=O) groups is 1. The number of carbonyl (C=O) groups excluding carboxylic acids is 1. The summed E-state index contributed by atoms with van der Waals surface area (Å²) < 4.78 is 0. The summed E-state index contributed by atoms with van der Waals surface area (Å²) in [6, 6.07) is 6.05. The number of aryl methyl sites for hydroxylation is 2. The fraction of sp³-hybridized carbons (Fsp3) is 0.500. The van der Waals surface area contributed by atoms with Gasteiger partial charge in [-0.2, -0.15) is 0 Å². The van der Waals surface area contributed by atoms with Crippen molar-refractivity contribution in [1.82, 2.24) is 5.32 Å². The van der Waals surface area contributed by atoms with E-state index >= 15 is 0 Å². The second-order valence-corrected chi connectivity index (χ2v) is 5.03. The van der Waals surface area contributed by atoms with Crippen molar-refractivity contribution in [2.75, 3.05) is 6.54 Å². The molecule has 4 heteroatoms. The zero-order valence-corrected chi connectivity index (χ0v) is 11.7. The minimum Gasteiger partial charge on any atom is -0.348 e. The maximum absolute atomic E-state index is 12.1. The predicted octanol–water partition coefficient (Wildman–Crippen LogP) is 2.19. The van der Waals surface area contributed by atoms with Gasteiger partial charge in [0.05, 0.1) is 0 Å². The Morgan fingerprint density at radius 3 is 2.33 bits per heavy atom. The molecule has 100 valence electrons. The van der Waals surface area contributed by atoms with Gasteiger partial charge in [-0.05, 0) is 44.7 Å². The van der Waals surface area contributed by atoms with Gasteiger partial charge in [-0.15, -0.1) is 12.4 Å². The first-order valence-corrected chi connectivity index (χ1v) is 6.19. The van der Waals surface area contributed by atoms with Crippen molar-refractivity contribution in [2.45, 2.75) is 32.7 Å². The normalized spacial score (nSPS) is 15.7. The van der Waals surface area contributed by atoms with Crippen LogP contribution < -0.4 is 11.1 Å². The van der Waals surface area contributed by atoms with E-state index in [1.165, 1.54) is 12.8 Å². The first-order valence-electron chi connectivity index (χ1n) is 6.19. The second-order valence-electron chi connectivity index (χ2n) is 5.03. The van der Waals surface area contributed by atoms with Gasteiger partial charge in [0.25, 0.3) is 5.91 Å². The summed E-state index contributed by atoms with van der Waals surface area (Å²) >= 11 is 0. The SMILES string of the molecule is Cc1cc(C)cc(C(=O)NC(CN)C2CC2)c1.Cl. The molecule has 0 saturated heterocycles. The van der Waals surface area contributed by atoms with E-state index in [1.807, 2.05) is 26.0 Å². The molecule has 1 amide bonds. The number of nitrogens with one attached hydrogen (secondary N) is 1. The van der Waals surface area contributed by atoms with Crippen LogP contribution in [0, 0.1) is 19.8 Å². The average Bonchev–Trinajstić information content (AvgIpc) is 3.08. The molecule has 0 heterocycles. The maximum atomic E-state index is 12.1. The van der Waals surface area contributed by atoms with Gasteiger partial charge in [-0.1, -0.05) is 17.2 Å². The molecule has 0 aromatic heterocycles. The molecule has 0 radical (unpaired) electrons. The lowest BCUT2D eigenvalue weighted by Gasteiger charge is -2.16. The fourth-order valence-electron chi connectivity index (χ4n) is 2.23. The van der Waals surface area contributed by atoms with Crippen LogP contribution in [0.1, 0.15) is 34.3 Å². The summed E-state index contributed by atoms with van der Waals surface area (Å²) in [7, 11) is 0. The van der Waals surface area contributed by atoms with Crippen molar-refractivity contribution in [3.05, 3.63) is 34.9 Å². The van der Waals surface area contributed by atoms with Crippen molar-refractivity contribution < 1.29 is 4.79 Å². The van der Waals surface area contributed by atoms with E-state index in [2.05, 4.69) is 11.4 Å². The molecule has 1 unspecified atom stereocenters. The summed E-state index contributed by atoms with van der Waals surface area (Å²) in [5.74, 6) is 0.592. The lowest BCUT2D eigenvalue weighted by Crippen LogP contribution is -2.41. The van der Waals surface area contributed by atoms with E-state index in [9.17, 15) is 4.79 Å². The quantitative estimate of drug-likeness (QED) is 0.880. The average molecular weight is 269 g/mol. The lowest BCUT2D eigenvalue weighted by atomic mass is 10.1. The molecular formula is C14H21ClN2O. The largest absolute Gasteiger partial charge is 0.348 e. The summed E-state index contributed by atoms with van der Waals surface area (Å²) in [4.78, 5) is 12.1. The molecule has 1 aromatic rings. The predicted molar refractivity (Wildman–Crippen MR) is 76.2 cm³/mol. The third-order valence-electron chi connectivity index (χ3n) is 3.25. The molecule has 1 aliphatic rings. The van der Waals surface area contributed by atoms with Crippen LogP contribution in [0.2, 0.25) is 0 Å². The molecule has 2 rings (SSSR count). The fourth-order valence-corrected chi connectivity index (χ4v) is 2.23. The lowest BCUT2D eigenvalue weighted by molar-refractivity contribution is 0.0933. The highest BCUT2D eigenvalue weighted by atomic mass is 35.5. The Morgan fingerprint density at radius 2 is 1.89 bits per heavy atom. The zero-order chi connectivity index (χ0) is 12.4. The Kier molecular flexibility index (Phi) is 5.17. The molecule has 0 aliphatic heterocycles. The van der Waals surface area contributed by atoms with Crippen molar-refractivity contribution in [2.24, 2.45) is 11.7 Å². The molecule has 1 fully saturated rings. The molecule has 1 aromatic carbocycles. The highest BCUT2D eigenvalue weighted by molar-refractivity contribution is 5.94. The van der Waals surface area contributed by atoms with Gasteiger partial charge in [0.2, 0.25) is 0 Å². The number of nitrogens with two attached hydrogens (primary N) is 1. The Morgan fingerprint density at radius 1 is 1.33 bits per heavy atom. The molecule has 3 N–H and O–H groups in total. The summed E-state index contributed by atoms with van der Waals surface area (Å²) in [6.45, 7) is 4.54. The number of hydrogen-bond donors (Lipinski definition) is 2. The first kappa shape index (κ1) is 15.0. The van der Waals surface area contributed by atoms with Crippen LogP contribution in [0.4, 0.5) is 0 Å². The number of halogens is 1. The van der Waals surface area contributed by atoms with Crippen molar-refractivity contribution in [1.29, 1.82) is 0 Å². The van der Waals surface area contributed by atoms with Gasteiger partial charge >= 0.3 is 0 Å². The molecule has 1 atom stereocenters. The number of benzene rings is 1. The first-order chi connectivity index (χ1) is 8.10. The Hall–Kier alpha value is -1.06. The third-order valence-corrected chi connectivity index (χ3v) is 3.25. The van der Waals surface area contributed by atoms with Crippen LogP contribution in [-0.2, 0) is 0 Å². The third kappa shape index (κ3) is 3.72. The van der Waals surface area contributed by atoms with Gasteiger partial charge < -0.3 is 11.1 Å². The molecule has 18 heavy (non-hydrogen) atoms. The summed E-state index contributed by atoms with van der Waals surface area (Å²) in [6.07, 6.45) is 2.38. The second kappa shape index (κ2) is 6.21.